The van der Waals surface area contributed by atoms with Crippen molar-refractivity contribution in [3.8, 4) is 11.5 Å². The SMILES string of the molecule is Cc1ccc(P2CCN(C3CCN(C)CC3)CC2)c2c1OCCO2. The minimum Gasteiger partial charge on any atom is -0.486 e. The normalized spacial score (nSPS) is 24.2. The van der Waals surface area contributed by atoms with Crippen LogP contribution in [0, 0.1) is 6.92 Å². The molecule has 0 aliphatic carbocycles. The van der Waals surface area contributed by atoms with Gasteiger partial charge in [0.1, 0.15) is 13.2 Å². The third kappa shape index (κ3) is 3.29. The Morgan fingerprint density at radius 2 is 1.62 bits per heavy atom. The van der Waals surface area contributed by atoms with Gasteiger partial charge in [-0.05, 0) is 57.8 Å². The van der Waals surface area contributed by atoms with Crippen molar-refractivity contribution in [2.75, 3.05) is 58.8 Å². The van der Waals surface area contributed by atoms with Crippen molar-refractivity contribution in [1.82, 2.24) is 9.80 Å². The molecule has 3 aliphatic rings. The molecule has 132 valence electrons. The third-order valence-electron chi connectivity index (χ3n) is 5.72. The quantitative estimate of drug-likeness (QED) is 0.766. The number of likely N-dealkylation sites (tertiary alicyclic amines) is 1. The van der Waals surface area contributed by atoms with Crippen LogP contribution in [0.3, 0.4) is 0 Å². The van der Waals surface area contributed by atoms with E-state index in [1.807, 2.05) is 0 Å². The van der Waals surface area contributed by atoms with Crippen LogP contribution in [0.1, 0.15) is 18.4 Å². The van der Waals surface area contributed by atoms with Crippen LogP contribution in [-0.2, 0) is 0 Å². The first kappa shape index (κ1) is 16.6. The van der Waals surface area contributed by atoms with Gasteiger partial charge in [0.2, 0.25) is 0 Å². The number of hydrogen-bond acceptors (Lipinski definition) is 4. The molecule has 3 heterocycles. The molecule has 0 N–H and O–H groups in total. The summed E-state index contributed by atoms with van der Waals surface area (Å²) in [6.07, 6.45) is 5.29. The van der Waals surface area contributed by atoms with Gasteiger partial charge in [0, 0.05) is 24.4 Å². The van der Waals surface area contributed by atoms with Gasteiger partial charge >= 0.3 is 0 Å². The standard InChI is InChI=1S/C19H29N2O2P/c1-15-3-4-17(19-18(15)22-11-12-23-19)24-13-9-21(10-14-24)16-5-7-20(2)8-6-16/h3-4,16H,5-14H2,1-2H3. The summed E-state index contributed by atoms with van der Waals surface area (Å²) in [4.78, 5) is 5.22. The van der Waals surface area contributed by atoms with Crippen LogP contribution in [-0.4, -0.2) is 74.6 Å². The maximum atomic E-state index is 6.02. The first-order chi connectivity index (χ1) is 11.7. The van der Waals surface area contributed by atoms with E-state index in [0.29, 0.717) is 13.2 Å². The van der Waals surface area contributed by atoms with E-state index in [1.54, 1.807) is 0 Å². The maximum Gasteiger partial charge on any atom is 0.169 e. The predicted molar refractivity (Wildman–Crippen MR) is 101 cm³/mol. The molecule has 0 atom stereocenters. The zero-order chi connectivity index (χ0) is 16.5. The second kappa shape index (κ2) is 7.19. The lowest BCUT2D eigenvalue weighted by molar-refractivity contribution is 0.130. The summed E-state index contributed by atoms with van der Waals surface area (Å²) in [5.41, 5.74) is 1.20. The van der Waals surface area contributed by atoms with Gasteiger partial charge in [-0.15, -0.1) is 0 Å². The Morgan fingerprint density at radius 1 is 0.958 bits per heavy atom. The van der Waals surface area contributed by atoms with Gasteiger partial charge < -0.3 is 14.4 Å². The first-order valence-electron chi connectivity index (χ1n) is 9.29. The van der Waals surface area contributed by atoms with Gasteiger partial charge in [-0.2, -0.15) is 0 Å². The summed E-state index contributed by atoms with van der Waals surface area (Å²) in [6, 6.07) is 5.33. The van der Waals surface area contributed by atoms with E-state index in [0.717, 1.165) is 17.5 Å². The maximum absolute atomic E-state index is 6.02. The van der Waals surface area contributed by atoms with Gasteiger partial charge in [0.25, 0.3) is 0 Å². The lowest BCUT2D eigenvalue weighted by Crippen LogP contribution is -2.47. The van der Waals surface area contributed by atoms with Gasteiger partial charge in [0.05, 0.1) is 0 Å². The summed E-state index contributed by atoms with van der Waals surface area (Å²) >= 11 is 0. The van der Waals surface area contributed by atoms with Crippen LogP contribution in [0.4, 0.5) is 0 Å². The molecule has 24 heavy (non-hydrogen) atoms. The van der Waals surface area contributed by atoms with E-state index in [4.69, 9.17) is 9.47 Å². The molecule has 0 spiro atoms. The lowest BCUT2D eigenvalue weighted by Gasteiger charge is -2.41. The van der Waals surface area contributed by atoms with Crippen molar-refractivity contribution in [1.29, 1.82) is 0 Å². The lowest BCUT2D eigenvalue weighted by atomic mass is 10.0. The summed E-state index contributed by atoms with van der Waals surface area (Å²) in [6.45, 7) is 8.51. The monoisotopic (exact) mass is 348 g/mol. The molecule has 2 fully saturated rings. The number of aryl methyl sites for hydroxylation is 1. The predicted octanol–water partition coefficient (Wildman–Crippen LogP) is 2.28. The second-order valence-corrected chi connectivity index (χ2v) is 9.77. The highest BCUT2D eigenvalue weighted by molar-refractivity contribution is 7.66. The van der Waals surface area contributed by atoms with E-state index >= 15 is 0 Å². The van der Waals surface area contributed by atoms with Crippen molar-refractivity contribution in [3.05, 3.63) is 17.7 Å². The third-order valence-corrected chi connectivity index (χ3v) is 8.24. The minimum atomic E-state index is -0.107. The zero-order valence-corrected chi connectivity index (χ0v) is 15.9. The molecular weight excluding hydrogens is 319 g/mol. The summed E-state index contributed by atoms with van der Waals surface area (Å²) < 4.78 is 11.9. The highest BCUT2D eigenvalue weighted by Crippen LogP contribution is 2.45. The molecule has 0 bridgehead atoms. The first-order valence-corrected chi connectivity index (χ1v) is 11.0. The fraction of sp³-hybridized carbons (Fsp3) is 0.684. The Kier molecular flexibility index (Phi) is 4.98. The van der Waals surface area contributed by atoms with Crippen LogP contribution >= 0.6 is 7.92 Å². The minimum absolute atomic E-state index is 0.107. The topological polar surface area (TPSA) is 24.9 Å². The van der Waals surface area contributed by atoms with Crippen molar-refractivity contribution >= 4 is 13.2 Å². The van der Waals surface area contributed by atoms with E-state index < -0.39 is 0 Å². The van der Waals surface area contributed by atoms with Gasteiger partial charge in [-0.1, -0.05) is 20.1 Å². The van der Waals surface area contributed by atoms with Crippen molar-refractivity contribution < 1.29 is 9.47 Å². The Morgan fingerprint density at radius 3 is 2.33 bits per heavy atom. The summed E-state index contributed by atoms with van der Waals surface area (Å²) in [5.74, 6) is 2.05. The highest BCUT2D eigenvalue weighted by Gasteiger charge is 2.30. The highest BCUT2D eigenvalue weighted by atomic mass is 31.1. The van der Waals surface area contributed by atoms with E-state index in [9.17, 15) is 0 Å². The van der Waals surface area contributed by atoms with Crippen LogP contribution in [0.2, 0.25) is 0 Å². The van der Waals surface area contributed by atoms with Crippen molar-refractivity contribution in [2.24, 2.45) is 0 Å². The smallest absolute Gasteiger partial charge is 0.169 e. The molecule has 0 saturated carbocycles. The zero-order valence-electron chi connectivity index (χ0n) is 15.0. The van der Waals surface area contributed by atoms with Crippen LogP contribution in [0.5, 0.6) is 11.5 Å². The van der Waals surface area contributed by atoms with Gasteiger partial charge in [-0.25, -0.2) is 0 Å². The van der Waals surface area contributed by atoms with E-state index in [2.05, 4.69) is 35.9 Å². The number of hydrogen-bond donors (Lipinski definition) is 0. The molecule has 1 aromatic rings. The number of ether oxygens (including phenoxy) is 2. The Bertz CT molecular complexity index is 579. The Balaban J connectivity index is 1.43. The molecule has 5 heteroatoms. The molecule has 0 unspecified atom stereocenters. The van der Waals surface area contributed by atoms with Crippen molar-refractivity contribution in [2.45, 2.75) is 25.8 Å². The average molecular weight is 348 g/mol. The number of fused-ring (bicyclic) bond motifs is 1. The average Bonchev–Trinajstić information content (AvgIpc) is 2.63. The molecule has 0 aromatic heterocycles. The van der Waals surface area contributed by atoms with E-state index in [1.165, 1.54) is 62.2 Å². The van der Waals surface area contributed by atoms with Crippen molar-refractivity contribution in [3.63, 3.8) is 0 Å². The van der Waals surface area contributed by atoms with Crippen LogP contribution in [0.15, 0.2) is 12.1 Å². The number of piperidine rings is 1. The molecule has 4 nitrogen and oxygen atoms in total. The van der Waals surface area contributed by atoms with Gasteiger partial charge in [-0.3, -0.25) is 4.90 Å². The van der Waals surface area contributed by atoms with Crippen LogP contribution in [0.25, 0.3) is 0 Å². The molecule has 2 saturated heterocycles. The second-order valence-electron chi connectivity index (χ2n) is 7.31. The number of rotatable bonds is 2. The Hall–Kier alpha value is -0.830. The molecule has 0 radical (unpaired) electrons. The fourth-order valence-electron chi connectivity index (χ4n) is 4.19. The number of benzene rings is 1. The van der Waals surface area contributed by atoms with E-state index in [-0.39, 0.29) is 7.92 Å². The molecule has 1 aromatic carbocycles. The summed E-state index contributed by atoms with van der Waals surface area (Å²) in [5, 5.41) is 1.44. The molecular formula is C19H29N2O2P. The Labute approximate surface area is 146 Å². The summed E-state index contributed by atoms with van der Waals surface area (Å²) in [7, 11) is 2.14. The van der Waals surface area contributed by atoms with Crippen LogP contribution < -0.4 is 14.8 Å². The van der Waals surface area contributed by atoms with Gasteiger partial charge in [0.15, 0.2) is 11.5 Å². The fourth-order valence-corrected chi connectivity index (χ4v) is 6.63. The molecule has 0 amide bonds. The largest absolute Gasteiger partial charge is 0.486 e. The number of nitrogens with zero attached hydrogens (tertiary/aromatic N) is 2. The molecule has 4 rings (SSSR count). The molecule has 3 aliphatic heterocycles.